The van der Waals surface area contributed by atoms with Crippen molar-refractivity contribution >= 4 is 17.5 Å². The monoisotopic (exact) mass is 361 g/mol. The predicted molar refractivity (Wildman–Crippen MR) is 98.3 cm³/mol. The van der Waals surface area contributed by atoms with Crippen LogP contribution in [-0.4, -0.2) is 45.2 Å². The average Bonchev–Trinajstić information content (AvgIpc) is 3.27. The largest absolute Gasteiger partial charge is 0.497 e. The zero-order valence-corrected chi connectivity index (χ0v) is 15.4. The van der Waals surface area contributed by atoms with Crippen LogP contribution in [0.5, 0.6) is 11.5 Å². The van der Waals surface area contributed by atoms with E-state index in [0.29, 0.717) is 36.2 Å². The Morgan fingerprint density at radius 1 is 1.31 bits per heavy atom. The summed E-state index contributed by atoms with van der Waals surface area (Å²) in [5, 5.41) is 3.11. The molecule has 0 bridgehead atoms. The molecule has 3 rings (SSSR count). The summed E-state index contributed by atoms with van der Waals surface area (Å²) in [5.41, 5.74) is 6.45. The third kappa shape index (κ3) is 3.62. The molecule has 2 amide bonds. The molecule has 1 aliphatic carbocycles. The van der Waals surface area contributed by atoms with E-state index in [9.17, 15) is 9.59 Å². The Hall–Kier alpha value is -2.28. The van der Waals surface area contributed by atoms with Gasteiger partial charge in [0.25, 0.3) is 0 Å². The molecular formula is C19H27N3O4. The first kappa shape index (κ1) is 18.5. The number of carbonyl (C=O) groups is 2. The minimum atomic E-state index is -0.353. The number of benzene rings is 1. The van der Waals surface area contributed by atoms with Gasteiger partial charge in [-0.25, -0.2) is 0 Å². The molecule has 7 nitrogen and oxygen atoms in total. The van der Waals surface area contributed by atoms with Crippen molar-refractivity contribution in [3.05, 3.63) is 18.2 Å². The number of hydrogen-bond donors (Lipinski definition) is 2. The number of anilines is 1. The lowest BCUT2D eigenvalue weighted by Gasteiger charge is -2.22. The Balaban J connectivity index is 1.69. The molecule has 26 heavy (non-hydrogen) atoms. The summed E-state index contributed by atoms with van der Waals surface area (Å²) in [6.07, 6.45) is 3.32. The second-order valence-corrected chi connectivity index (χ2v) is 6.98. The molecule has 0 aromatic heterocycles. The second-order valence-electron chi connectivity index (χ2n) is 6.98. The van der Waals surface area contributed by atoms with Crippen LogP contribution < -0.4 is 25.4 Å². The van der Waals surface area contributed by atoms with Crippen molar-refractivity contribution in [2.24, 2.45) is 17.6 Å². The topological polar surface area (TPSA) is 93.9 Å². The van der Waals surface area contributed by atoms with Gasteiger partial charge in [0.1, 0.15) is 11.5 Å². The summed E-state index contributed by atoms with van der Waals surface area (Å²) in [6.45, 7) is 0.942. The van der Waals surface area contributed by atoms with Crippen LogP contribution in [0.4, 0.5) is 5.69 Å². The van der Waals surface area contributed by atoms with Crippen LogP contribution in [0.15, 0.2) is 18.2 Å². The van der Waals surface area contributed by atoms with Gasteiger partial charge in [0.2, 0.25) is 11.8 Å². The number of amides is 2. The summed E-state index contributed by atoms with van der Waals surface area (Å²) in [7, 11) is 3.13. The van der Waals surface area contributed by atoms with E-state index in [0.717, 1.165) is 19.3 Å². The highest BCUT2D eigenvalue weighted by molar-refractivity contribution is 6.01. The molecule has 1 heterocycles. The van der Waals surface area contributed by atoms with E-state index in [-0.39, 0.29) is 30.2 Å². The van der Waals surface area contributed by atoms with Crippen molar-refractivity contribution < 1.29 is 19.1 Å². The Morgan fingerprint density at radius 2 is 2.12 bits per heavy atom. The van der Waals surface area contributed by atoms with Gasteiger partial charge in [0, 0.05) is 25.1 Å². The van der Waals surface area contributed by atoms with Crippen molar-refractivity contribution in [2.45, 2.75) is 31.7 Å². The van der Waals surface area contributed by atoms with E-state index < -0.39 is 0 Å². The molecule has 142 valence electrons. The number of rotatable bonds is 6. The quantitative estimate of drug-likeness (QED) is 0.797. The fraction of sp³-hybridized carbons (Fsp3) is 0.579. The lowest BCUT2D eigenvalue weighted by atomic mass is 10.0. The highest BCUT2D eigenvalue weighted by Crippen LogP contribution is 2.36. The van der Waals surface area contributed by atoms with E-state index in [4.69, 9.17) is 15.2 Å². The molecule has 1 aromatic carbocycles. The Kier molecular flexibility index (Phi) is 5.66. The summed E-state index contributed by atoms with van der Waals surface area (Å²) in [4.78, 5) is 26.8. The summed E-state index contributed by atoms with van der Waals surface area (Å²) in [5.74, 6) is 1.06. The molecule has 3 unspecified atom stereocenters. The maximum absolute atomic E-state index is 12.7. The van der Waals surface area contributed by atoms with Crippen molar-refractivity contribution in [1.82, 2.24) is 5.32 Å². The van der Waals surface area contributed by atoms with Crippen LogP contribution in [-0.2, 0) is 9.59 Å². The zero-order chi connectivity index (χ0) is 18.7. The van der Waals surface area contributed by atoms with Gasteiger partial charge >= 0.3 is 0 Å². The number of carbonyl (C=O) groups excluding carboxylic acids is 2. The number of nitrogens with two attached hydrogens (primary N) is 1. The molecule has 3 N–H and O–H groups in total. The number of nitrogens with zero attached hydrogens (tertiary/aromatic N) is 1. The third-order valence-corrected chi connectivity index (χ3v) is 5.46. The van der Waals surface area contributed by atoms with Gasteiger partial charge < -0.3 is 25.4 Å². The van der Waals surface area contributed by atoms with Crippen molar-refractivity contribution in [3.8, 4) is 11.5 Å². The van der Waals surface area contributed by atoms with Gasteiger partial charge in [-0.3, -0.25) is 9.59 Å². The molecule has 1 aromatic rings. The Bertz CT molecular complexity index is 679. The molecule has 0 spiro atoms. The SMILES string of the molecule is COc1ccc(N2CC(C(=O)NC3CCCC3CN)CC2=O)c(OC)c1. The molecule has 2 aliphatic rings. The van der Waals surface area contributed by atoms with Crippen LogP contribution >= 0.6 is 0 Å². The van der Waals surface area contributed by atoms with Gasteiger partial charge in [0.05, 0.1) is 25.8 Å². The smallest absolute Gasteiger partial charge is 0.227 e. The average molecular weight is 361 g/mol. The molecule has 7 heteroatoms. The minimum absolute atomic E-state index is 0.0568. The van der Waals surface area contributed by atoms with E-state index >= 15 is 0 Å². The van der Waals surface area contributed by atoms with Gasteiger partial charge in [-0.15, -0.1) is 0 Å². The second kappa shape index (κ2) is 7.95. The van der Waals surface area contributed by atoms with Gasteiger partial charge in [-0.2, -0.15) is 0 Å². The van der Waals surface area contributed by atoms with Gasteiger partial charge in [0.15, 0.2) is 0 Å². The standard InChI is InChI=1S/C19H27N3O4/c1-25-14-6-7-16(17(9-14)26-2)22-11-13(8-18(22)23)19(24)21-15-5-3-4-12(15)10-20/h6-7,9,12-13,15H,3-5,8,10-11,20H2,1-2H3,(H,21,24). The number of nitrogens with one attached hydrogen (secondary N) is 1. The summed E-state index contributed by atoms with van der Waals surface area (Å²) < 4.78 is 10.6. The summed E-state index contributed by atoms with van der Waals surface area (Å²) >= 11 is 0. The molecule has 1 aliphatic heterocycles. The first-order valence-corrected chi connectivity index (χ1v) is 9.10. The first-order chi connectivity index (χ1) is 12.6. The fourth-order valence-electron chi connectivity index (χ4n) is 3.93. The minimum Gasteiger partial charge on any atom is -0.497 e. The molecule has 2 fully saturated rings. The normalized spacial score (nSPS) is 25.4. The van der Waals surface area contributed by atoms with Crippen LogP contribution in [0.2, 0.25) is 0 Å². The third-order valence-electron chi connectivity index (χ3n) is 5.46. The highest BCUT2D eigenvalue weighted by atomic mass is 16.5. The zero-order valence-electron chi connectivity index (χ0n) is 15.4. The maximum Gasteiger partial charge on any atom is 0.227 e. The van der Waals surface area contributed by atoms with E-state index in [1.54, 1.807) is 37.3 Å². The van der Waals surface area contributed by atoms with Gasteiger partial charge in [-0.05, 0) is 37.4 Å². The van der Waals surface area contributed by atoms with E-state index in [1.807, 2.05) is 0 Å². The molecule has 3 atom stereocenters. The first-order valence-electron chi connectivity index (χ1n) is 9.10. The van der Waals surface area contributed by atoms with E-state index in [2.05, 4.69) is 5.32 Å². The van der Waals surface area contributed by atoms with Crippen molar-refractivity contribution in [2.75, 3.05) is 32.2 Å². The fourth-order valence-corrected chi connectivity index (χ4v) is 3.93. The van der Waals surface area contributed by atoms with Crippen LogP contribution in [0.1, 0.15) is 25.7 Å². The molecule has 1 saturated carbocycles. The molecule has 1 saturated heterocycles. The predicted octanol–water partition coefficient (Wildman–Crippen LogP) is 1.30. The maximum atomic E-state index is 12.7. The number of hydrogen-bond acceptors (Lipinski definition) is 5. The number of methoxy groups -OCH3 is 2. The van der Waals surface area contributed by atoms with Crippen molar-refractivity contribution in [1.29, 1.82) is 0 Å². The van der Waals surface area contributed by atoms with E-state index in [1.165, 1.54) is 0 Å². The van der Waals surface area contributed by atoms with Crippen LogP contribution in [0.25, 0.3) is 0 Å². The van der Waals surface area contributed by atoms with Crippen molar-refractivity contribution in [3.63, 3.8) is 0 Å². The molecular weight excluding hydrogens is 334 g/mol. The highest BCUT2D eigenvalue weighted by Gasteiger charge is 2.38. The molecule has 0 radical (unpaired) electrons. The Morgan fingerprint density at radius 3 is 2.81 bits per heavy atom. The van der Waals surface area contributed by atoms with Gasteiger partial charge in [-0.1, -0.05) is 6.42 Å². The lowest BCUT2D eigenvalue weighted by Crippen LogP contribution is -2.43. The van der Waals surface area contributed by atoms with Crippen LogP contribution in [0.3, 0.4) is 0 Å². The number of ether oxygens (including phenoxy) is 2. The lowest BCUT2D eigenvalue weighted by molar-refractivity contribution is -0.127. The summed E-state index contributed by atoms with van der Waals surface area (Å²) in [6, 6.07) is 5.44. The van der Waals surface area contributed by atoms with Crippen LogP contribution in [0, 0.1) is 11.8 Å². The Labute approximate surface area is 153 Å².